The minimum atomic E-state index is -0.954. The third-order valence-electron chi connectivity index (χ3n) is 5.40. The molecule has 0 atom stereocenters. The minimum absolute atomic E-state index is 0.593. The highest BCUT2D eigenvalue weighted by atomic mass is 16.5. The van der Waals surface area contributed by atoms with Gasteiger partial charge in [-0.25, -0.2) is 4.98 Å². The van der Waals surface area contributed by atoms with E-state index in [4.69, 9.17) is 14.1 Å². The van der Waals surface area contributed by atoms with Gasteiger partial charge >= 0.3 is 7.48 Å². The Morgan fingerprint density at radius 3 is 2.36 bits per heavy atom. The van der Waals surface area contributed by atoms with Gasteiger partial charge in [0.05, 0.1) is 11.2 Å². The van der Waals surface area contributed by atoms with E-state index in [2.05, 4.69) is 12.1 Å². The lowest BCUT2D eigenvalue weighted by Crippen LogP contribution is -2.49. The molecule has 1 radical (unpaired) electrons. The van der Waals surface area contributed by atoms with E-state index in [0.717, 1.165) is 32.9 Å². The molecular formula is C23H23BNO3. The van der Waals surface area contributed by atoms with Crippen LogP contribution < -0.4 is 5.46 Å². The molecule has 0 bridgehead atoms. The van der Waals surface area contributed by atoms with Gasteiger partial charge in [0.2, 0.25) is 5.89 Å². The molecule has 141 valence electrons. The molecule has 0 aliphatic carbocycles. The van der Waals surface area contributed by atoms with Crippen LogP contribution in [0.15, 0.2) is 65.1 Å². The summed E-state index contributed by atoms with van der Waals surface area (Å²) in [6.07, 6.45) is 0. The first-order valence-electron chi connectivity index (χ1n) is 9.37. The van der Waals surface area contributed by atoms with Gasteiger partial charge in [-0.2, -0.15) is 0 Å². The molecule has 4 rings (SSSR count). The average molecular weight is 372 g/mol. The highest BCUT2D eigenvalue weighted by molar-refractivity contribution is 6.47. The Morgan fingerprint density at radius 1 is 0.929 bits per heavy atom. The molecule has 4 aromatic rings. The number of nitrogens with zero attached hydrogens (tertiary/aromatic N) is 1. The monoisotopic (exact) mass is 372 g/mol. The predicted octanol–water partition coefficient (Wildman–Crippen LogP) is 4.46. The van der Waals surface area contributed by atoms with Crippen LogP contribution in [0.1, 0.15) is 27.7 Å². The Labute approximate surface area is 165 Å². The van der Waals surface area contributed by atoms with Crippen molar-refractivity contribution in [1.82, 2.24) is 4.98 Å². The number of hydrogen-bond acceptors (Lipinski definition) is 4. The zero-order valence-corrected chi connectivity index (χ0v) is 16.6. The van der Waals surface area contributed by atoms with Crippen molar-refractivity contribution in [3.05, 3.63) is 60.7 Å². The Hall–Kier alpha value is -2.63. The van der Waals surface area contributed by atoms with Crippen molar-refractivity contribution in [1.29, 1.82) is 0 Å². The highest BCUT2D eigenvalue weighted by Crippen LogP contribution is 2.29. The fraction of sp³-hybridized carbons (Fsp3) is 0.261. The second kappa shape index (κ2) is 6.76. The van der Waals surface area contributed by atoms with E-state index in [-0.39, 0.29) is 0 Å². The van der Waals surface area contributed by atoms with Crippen molar-refractivity contribution in [2.45, 2.75) is 38.9 Å². The van der Waals surface area contributed by atoms with E-state index in [1.54, 1.807) is 21.3 Å². The van der Waals surface area contributed by atoms with Crippen LogP contribution in [0.25, 0.3) is 33.3 Å². The van der Waals surface area contributed by atoms with E-state index >= 15 is 0 Å². The predicted molar refractivity (Wildman–Crippen MR) is 114 cm³/mol. The summed E-state index contributed by atoms with van der Waals surface area (Å²) in [5.41, 5.74) is 1.80. The molecule has 5 heteroatoms. The Kier molecular flexibility index (Phi) is 4.52. The van der Waals surface area contributed by atoms with Crippen molar-refractivity contribution in [2.24, 2.45) is 0 Å². The molecule has 3 aromatic carbocycles. The molecule has 0 amide bonds. The smallest absolute Gasteiger partial charge is 0.330 e. The number of aliphatic hydroxyl groups is 1. The third kappa shape index (κ3) is 3.43. The molecule has 0 unspecified atom stereocenters. The van der Waals surface area contributed by atoms with Crippen LogP contribution in [-0.4, -0.2) is 28.8 Å². The van der Waals surface area contributed by atoms with Crippen molar-refractivity contribution in [3.8, 4) is 11.5 Å². The number of rotatable bonds is 5. The molecule has 0 saturated heterocycles. The molecule has 0 fully saturated rings. The van der Waals surface area contributed by atoms with Crippen LogP contribution in [0.5, 0.6) is 0 Å². The molecule has 0 saturated carbocycles. The molecule has 0 spiro atoms. The number of oxazole rings is 1. The van der Waals surface area contributed by atoms with E-state index < -0.39 is 11.2 Å². The molecule has 1 N–H and O–H groups in total. The second-order valence-electron chi connectivity index (χ2n) is 8.08. The largest absolute Gasteiger partial charge is 0.436 e. The van der Waals surface area contributed by atoms with E-state index in [1.807, 2.05) is 62.4 Å². The first kappa shape index (κ1) is 18.7. The third-order valence-corrected chi connectivity index (χ3v) is 5.40. The summed E-state index contributed by atoms with van der Waals surface area (Å²) in [5.74, 6) is 0.593. The molecule has 4 nitrogen and oxygen atoms in total. The van der Waals surface area contributed by atoms with Crippen LogP contribution in [0.3, 0.4) is 0 Å². The SMILES string of the molecule is CC(C)(O)C(C)(C)O[B]c1ccc(-c2nc3c(ccc4ccccc43)o2)cc1. The van der Waals surface area contributed by atoms with E-state index in [0.29, 0.717) is 5.89 Å². The van der Waals surface area contributed by atoms with E-state index in [1.165, 1.54) is 0 Å². The molecule has 28 heavy (non-hydrogen) atoms. The summed E-state index contributed by atoms with van der Waals surface area (Å²) in [6, 6.07) is 20.0. The maximum atomic E-state index is 10.2. The Morgan fingerprint density at radius 2 is 1.64 bits per heavy atom. The summed E-state index contributed by atoms with van der Waals surface area (Å²) < 4.78 is 11.8. The molecule has 1 aromatic heterocycles. The maximum absolute atomic E-state index is 10.2. The summed E-state index contributed by atoms with van der Waals surface area (Å²) in [4.78, 5) is 4.72. The standard InChI is InChI=1S/C23H23BNO3/c1-22(2,26)23(3,4)28-24-17-12-9-16(10-13-17)21-25-20-18-8-6-5-7-15(18)11-14-19(20)27-21/h5-14,26H,1-4H3. The summed E-state index contributed by atoms with van der Waals surface area (Å²) in [6.45, 7) is 7.20. The normalized spacial score (nSPS) is 12.6. The lowest BCUT2D eigenvalue weighted by Gasteiger charge is -2.37. The average Bonchev–Trinajstić information content (AvgIpc) is 3.11. The van der Waals surface area contributed by atoms with Gasteiger partial charge in [0.15, 0.2) is 5.58 Å². The first-order chi connectivity index (χ1) is 13.2. The van der Waals surface area contributed by atoms with Crippen molar-refractivity contribution in [2.75, 3.05) is 0 Å². The number of aromatic nitrogens is 1. The topological polar surface area (TPSA) is 55.5 Å². The van der Waals surface area contributed by atoms with Gasteiger partial charge in [-0.05, 0) is 39.1 Å². The van der Waals surface area contributed by atoms with Gasteiger partial charge in [0.1, 0.15) is 5.52 Å². The molecule has 0 aliphatic rings. The van der Waals surface area contributed by atoms with E-state index in [9.17, 15) is 5.11 Å². The number of hydrogen-bond donors (Lipinski definition) is 1. The lowest BCUT2D eigenvalue weighted by atomic mass is 9.82. The Bertz CT molecular complexity index is 1120. The quantitative estimate of drug-likeness (QED) is 0.526. The fourth-order valence-electron chi connectivity index (χ4n) is 2.85. The fourth-order valence-corrected chi connectivity index (χ4v) is 2.85. The minimum Gasteiger partial charge on any atom is -0.436 e. The summed E-state index contributed by atoms with van der Waals surface area (Å²) in [5, 5.41) is 12.4. The maximum Gasteiger partial charge on any atom is 0.330 e. The van der Waals surface area contributed by atoms with Crippen LogP contribution in [-0.2, 0) is 4.65 Å². The summed E-state index contributed by atoms with van der Waals surface area (Å²) in [7, 11) is 1.67. The van der Waals surface area contributed by atoms with Crippen LogP contribution >= 0.6 is 0 Å². The van der Waals surface area contributed by atoms with Gasteiger partial charge in [0, 0.05) is 10.9 Å². The number of fused-ring (bicyclic) bond motifs is 3. The number of benzene rings is 3. The van der Waals surface area contributed by atoms with Crippen molar-refractivity contribution < 1.29 is 14.2 Å². The lowest BCUT2D eigenvalue weighted by molar-refractivity contribution is -0.0893. The van der Waals surface area contributed by atoms with Gasteiger partial charge in [-0.1, -0.05) is 60.1 Å². The molecule has 1 heterocycles. The van der Waals surface area contributed by atoms with Gasteiger partial charge in [-0.15, -0.1) is 0 Å². The zero-order chi connectivity index (χ0) is 19.9. The molecular weight excluding hydrogens is 349 g/mol. The zero-order valence-electron chi connectivity index (χ0n) is 16.6. The van der Waals surface area contributed by atoms with Gasteiger partial charge in [-0.3, -0.25) is 0 Å². The Balaban J connectivity index is 1.58. The highest BCUT2D eigenvalue weighted by Gasteiger charge is 2.35. The van der Waals surface area contributed by atoms with Gasteiger partial charge < -0.3 is 14.2 Å². The van der Waals surface area contributed by atoms with Crippen LogP contribution in [0, 0.1) is 0 Å². The van der Waals surface area contributed by atoms with Crippen molar-refractivity contribution in [3.63, 3.8) is 0 Å². The van der Waals surface area contributed by atoms with Gasteiger partial charge in [0.25, 0.3) is 0 Å². The first-order valence-corrected chi connectivity index (χ1v) is 9.37. The molecule has 0 aliphatic heterocycles. The van der Waals surface area contributed by atoms with Crippen LogP contribution in [0.4, 0.5) is 0 Å². The summed E-state index contributed by atoms with van der Waals surface area (Å²) >= 11 is 0. The van der Waals surface area contributed by atoms with Crippen LogP contribution in [0.2, 0.25) is 0 Å². The second-order valence-corrected chi connectivity index (χ2v) is 8.08. The van der Waals surface area contributed by atoms with Crippen molar-refractivity contribution >= 4 is 34.8 Å².